The van der Waals surface area contributed by atoms with Gasteiger partial charge in [-0.25, -0.2) is 4.98 Å². The summed E-state index contributed by atoms with van der Waals surface area (Å²) in [6.45, 7) is 1.54. The van der Waals surface area contributed by atoms with E-state index in [1.165, 1.54) is 0 Å². The second-order valence-corrected chi connectivity index (χ2v) is 9.35. The first-order valence-corrected chi connectivity index (χ1v) is 11.9. The Balaban J connectivity index is 1.40. The number of aromatic nitrogens is 2. The molecule has 0 radical (unpaired) electrons. The van der Waals surface area contributed by atoms with Crippen molar-refractivity contribution >= 4 is 28.2 Å². The van der Waals surface area contributed by atoms with Gasteiger partial charge in [0.25, 0.3) is 5.91 Å². The summed E-state index contributed by atoms with van der Waals surface area (Å²) in [5, 5.41) is 7.92. The van der Waals surface area contributed by atoms with E-state index in [0.717, 1.165) is 53.3 Å². The topological polar surface area (TPSA) is 71.7 Å². The van der Waals surface area contributed by atoms with Gasteiger partial charge >= 0.3 is 0 Å². The molecular weight excluding hydrogens is 436 g/mol. The number of rotatable bonds is 5. The van der Waals surface area contributed by atoms with Crippen molar-refractivity contribution in [2.75, 3.05) is 34.3 Å². The Kier molecular flexibility index (Phi) is 5.86. The van der Waals surface area contributed by atoms with Gasteiger partial charge in [0.15, 0.2) is 5.58 Å². The van der Waals surface area contributed by atoms with Crippen LogP contribution < -0.4 is 4.74 Å². The van der Waals surface area contributed by atoms with E-state index in [0.29, 0.717) is 22.9 Å². The molecule has 0 bridgehead atoms. The number of nitrogens with zero attached hydrogens (tertiary/aromatic N) is 4. The van der Waals surface area contributed by atoms with Crippen LogP contribution in [0.15, 0.2) is 52.4 Å². The minimum atomic E-state index is 0.0541. The summed E-state index contributed by atoms with van der Waals surface area (Å²) in [4.78, 5) is 22.1. The molecule has 0 N–H and O–H groups in total. The normalized spacial score (nSPS) is 14.8. The molecule has 2 aromatic carbocycles. The number of ether oxygens (including phenoxy) is 1. The van der Waals surface area contributed by atoms with E-state index in [2.05, 4.69) is 24.2 Å². The molecule has 5 rings (SSSR count). The van der Waals surface area contributed by atoms with E-state index < -0.39 is 0 Å². The maximum absolute atomic E-state index is 13.2. The van der Waals surface area contributed by atoms with Crippen LogP contribution in [-0.2, 0) is 0 Å². The third kappa shape index (κ3) is 4.24. The van der Waals surface area contributed by atoms with E-state index in [9.17, 15) is 4.79 Å². The zero-order valence-corrected chi connectivity index (χ0v) is 19.8. The van der Waals surface area contributed by atoms with Gasteiger partial charge in [-0.05, 0) is 69.4 Å². The molecule has 1 aliphatic heterocycles. The van der Waals surface area contributed by atoms with Crippen LogP contribution in [-0.4, -0.2) is 66.2 Å². The first kappa shape index (κ1) is 21.6. The van der Waals surface area contributed by atoms with Crippen molar-refractivity contribution in [3.63, 3.8) is 0 Å². The molecule has 0 spiro atoms. The lowest BCUT2D eigenvalue weighted by molar-refractivity contribution is 0.0663. The van der Waals surface area contributed by atoms with Crippen LogP contribution in [0, 0.1) is 0 Å². The predicted octanol–water partition coefficient (Wildman–Crippen LogP) is 4.79. The summed E-state index contributed by atoms with van der Waals surface area (Å²) in [5.74, 6) is 0.861. The largest absolute Gasteiger partial charge is 0.497 e. The molecule has 1 amide bonds. The van der Waals surface area contributed by atoms with Gasteiger partial charge in [-0.1, -0.05) is 5.16 Å². The molecule has 8 heteroatoms. The Labute approximate surface area is 196 Å². The first-order valence-electron chi connectivity index (χ1n) is 11.0. The van der Waals surface area contributed by atoms with E-state index >= 15 is 0 Å². The fraction of sp³-hybridized carbons (Fsp3) is 0.320. The van der Waals surface area contributed by atoms with Crippen LogP contribution in [0.2, 0.25) is 0 Å². The van der Waals surface area contributed by atoms with E-state index in [1.54, 1.807) is 18.4 Å². The summed E-state index contributed by atoms with van der Waals surface area (Å²) < 4.78 is 10.8. The van der Waals surface area contributed by atoms with Crippen LogP contribution in [0.5, 0.6) is 5.75 Å². The number of methoxy groups -OCH3 is 1. The fourth-order valence-electron chi connectivity index (χ4n) is 4.27. The van der Waals surface area contributed by atoms with Gasteiger partial charge in [-0.3, -0.25) is 4.79 Å². The summed E-state index contributed by atoms with van der Waals surface area (Å²) in [6.07, 6.45) is 1.99. The van der Waals surface area contributed by atoms with Crippen molar-refractivity contribution < 1.29 is 14.1 Å². The van der Waals surface area contributed by atoms with E-state index in [1.807, 2.05) is 52.7 Å². The average Bonchev–Trinajstić information content (AvgIpc) is 3.50. The summed E-state index contributed by atoms with van der Waals surface area (Å²) in [6, 6.07) is 13.9. The van der Waals surface area contributed by atoms with Crippen LogP contribution in [0.4, 0.5) is 0 Å². The number of benzene rings is 2. The standard InChI is InChI=1S/C25H26N4O3S/c1-28(2)18-10-12-29(13-11-18)25(30)17-6-9-22-20(14-17)23(27-32-22)21-15-33-24(26-21)16-4-7-19(31-3)8-5-16/h4-9,14-15,18H,10-13H2,1-3H3. The average molecular weight is 463 g/mol. The Morgan fingerprint density at radius 2 is 1.91 bits per heavy atom. The maximum Gasteiger partial charge on any atom is 0.253 e. The molecule has 0 unspecified atom stereocenters. The van der Waals surface area contributed by atoms with Crippen molar-refractivity contribution in [2.45, 2.75) is 18.9 Å². The van der Waals surface area contributed by atoms with Crippen molar-refractivity contribution in [1.82, 2.24) is 19.9 Å². The second kappa shape index (κ2) is 8.96. The van der Waals surface area contributed by atoms with Crippen LogP contribution in [0.25, 0.3) is 32.9 Å². The molecule has 0 aliphatic carbocycles. The Morgan fingerprint density at radius 1 is 1.15 bits per heavy atom. The van der Waals surface area contributed by atoms with Gasteiger partial charge in [0.05, 0.1) is 12.5 Å². The van der Waals surface area contributed by atoms with E-state index in [4.69, 9.17) is 14.2 Å². The highest BCUT2D eigenvalue weighted by molar-refractivity contribution is 7.13. The minimum Gasteiger partial charge on any atom is -0.497 e. The molecule has 2 aromatic heterocycles. The molecule has 0 saturated carbocycles. The number of carbonyl (C=O) groups is 1. The number of hydrogen-bond acceptors (Lipinski definition) is 7. The molecule has 1 aliphatic rings. The molecule has 3 heterocycles. The van der Waals surface area contributed by atoms with Crippen LogP contribution in [0.3, 0.4) is 0 Å². The zero-order valence-electron chi connectivity index (χ0n) is 18.9. The monoisotopic (exact) mass is 462 g/mol. The molecule has 170 valence electrons. The molecule has 1 saturated heterocycles. The van der Waals surface area contributed by atoms with Gasteiger partial charge in [-0.15, -0.1) is 11.3 Å². The van der Waals surface area contributed by atoms with Gasteiger partial charge in [0, 0.05) is 35.6 Å². The first-order chi connectivity index (χ1) is 16.0. The molecule has 7 nitrogen and oxygen atoms in total. The van der Waals surface area contributed by atoms with Gasteiger partial charge in [0.1, 0.15) is 22.1 Å². The third-order valence-electron chi connectivity index (χ3n) is 6.28. The smallest absolute Gasteiger partial charge is 0.253 e. The van der Waals surface area contributed by atoms with Gasteiger partial charge in [0.2, 0.25) is 0 Å². The van der Waals surface area contributed by atoms with Crippen molar-refractivity contribution in [3.8, 4) is 27.7 Å². The van der Waals surface area contributed by atoms with Crippen molar-refractivity contribution in [3.05, 3.63) is 53.4 Å². The van der Waals surface area contributed by atoms with E-state index in [-0.39, 0.29) is 5.91 Å². The quantitative estimate of drug-likeness (QED) is 0.425. The summed E-state index contributed by atoms with van der Waals surface area (Å²) in [7, 11) is 5.85. The molecule has 0 atom stereocenters. The Bertz CT molecular complexity index is 1270. The molecule has 33 heavy (non-hydrogen) atoms. The fourth-order valence-corrected chi connectivity index (χ4v) is 5.08. The summed E-state index contributed by atoms with van der Waals surface area (Å²) >= 11 is 1.55. The third-order valence-corrected chi connectivity index (χ3v) is 7.17. The van der Waals surface area contributed by atoms with Crippen molar-refractivity contribution in [1.29, 1.82) is 0 Å². The Hall–Kier alpha value is -3.23. The second-order valence-electron chi connectivity index (χ2n) is 8.50. The number of likely N-dealkylation sites (tertiary alicyclic amines) is 1. The number of thiazole rings is 1. The minimum absolute atomic E-state index is 0.0541. The van der Waals surface area contributed by atoms with Crippen LogP contribution in [0.1, 0.15) is 23.2 Å². The number of piperidine rings is 1. The van der Waals surface area contributed by atoms with Crippen molar-refractivity contribution in [2.24, 2.45) is 0 Å². The highest BCUT2D eigenvalue weighted by Gasteiger charge is 2.25. The highest BCUT2D eigenvalue weighted by Crippen LogP contribution is 2.33. The molecule has 4 aromatic rings. The number of carbonyl (C=O) groups excluding carboxylic acids is 1. The predicted molar refractivity (Wildman–Crippen MR) is 130 cm³/mol. The lowest BCUT2D eigenvalue weighted by atomic mass is 10.0. The van der Waals surface area contributed by atoms with Gasteiger partial charge in [-0.2, -0.15) is 0 Å². The number of amides is 1. The van der Waals surface area contributed by atoms with Crippen LogP contribution >= 0.6 is 11.3 Å². The summed E-state index contributed by atoms with van der Waals surface area (Å²) in [5.41, 5.74) is 3.70. The Morgan fingerprint density at radius 3 is 2.61 bits per heavy atom. The molecular formula is C25H26N4O3S. The lowest BCUT2D eigenvalue weighted by Gasteiger charge is -2.35. The lowest BCUT2D eigenvalue weighted by Crippen LogP contribution is -2.44. The number of hydrogen-bond donors (Lipinski definition) is 0. The molecule has 1 fully saturated rings. The van der Waals surface area contributed by atoms with Gasteiger partial charge < -0.3 is 19.1 Å². The maximum atomic E-state index is 13.2. The number of fused-ring (bicyclic) bond motifs is 1. The zero-order chi connectivity index (χ0) is 22.9. The highest BCUT2D eigenvalue weighted by atomic mass is 32.1. The SMILES string of the molecule is COc1ccc(-c2nc(-c3noc4ccc(C(=O)N5CCC(N(C)C)CC5)cc34)cs2)cc1.